The largest absolute Gasteiger partial charge is 0.492 e. The van der Waals surface area contributed by atoms with Crippen molar-refractivity contribution in [1.82, 2.24) is 4.90 Å². The summed E-state index contributed by atoms with van der Waals surface area (Å²) in [5.41, 5.74) is 0.200. The number of carbonyl (C=O) groups excluding carboxylic acids is 1. The van der Waals surface area contributed by atoms with E-state index in [1.54, 1.807) is 13.8 Å². The van der Waals surface area contributed by atoms with E-state index >= 15 is 0 Å². The van der Waals surface area contributed by atoms with Gasteiger partial charge in [-0.25, -0.2) is 0 Å². The SMILES string of the molecule is CCN(CC)C(C)C(O)c1ccc2cc(OCC(C)(C)C(=O)OC)ccc2c1. The van der Waals surface area contributed by atoms with E-state index < -0.39 is 11.5 Å². The smallest absolute Gasteiger partial charge is 0.314 e. The van der Waals surface area contributed by atoms with Gasteiger partial charge in [0, 0.05) is 6.04 Å². The number of likely N-dealkylation sites (N-methyl/N-ethyl adjacent to an activating group) is 1. The molecule has 0 saturated heterocycles. The van der Waals surface area contributed by atoms with E-state index in [-0.39, 0.29) is 18.6 Å². The minimum atomic E-state index is -0.710. The summed E-state index contributed by atoms with van der Waals surface area (Å²) >= 11 is 0. The third-order valence-corrected chi connectivity index (χ3v) is 5.36. The third kappa shape index (κ3) is 5.03. The molecule has 0 amide bonds. The molecular weight excluding hydrogens is 354 g/mol. The molecule has 0 aliphatic heterocycles. The number of carbonyl (C=O) groups is 1. The summed E-state index contributed by atoms with van der Waals surface area (Å²) in [5, 5.41) is 12.8. The molecule has 2 aromatic carbocycles. The summed E-state index contributed by atoms with van der Waals surface area (Å²) in [4.78, 5) is 14.0. The Kier molecular flexibility index (Phi) is 7.44. The number of fused-ring (bicyclic) bond motifs is 1. The molecule has 5 nitrogen and oxygen atoms in total. The van der Waals surface area contributed by atoms with Crippen molar-refractivity contribution in [2.75, 3.05) is 26.8 Å². The Balaban J connectivity index is 2.16. The topological polar surface area (TPSA) is 59.0 Å². The molecule has 0 spiro atoms. The molecule has 2 rings (SSSR count). The van der Waals surface area contributed by atoms with E-state index in [1.807, 2.05) is 36.4 Å². The number of rotatable bonds is 9. The highest BCUT2D eigenvalue weighted by molar-refractivity contribution is 5.84. The van der Waals surface area contributed by atoms with Crippen LogP contribution in [-0.4, -0.2) is 48.8 Å². The van der Waals surface area contributed by atoms with E-state index in [2.05, 4.69) is 25.7 Å². The first-order valence-corrected chi connectivity index (χ1v) is 9.90. The maximum Gasteiger partial charge on any atom is 0.314 e. The number of benzene rings is 2. The number of nitrogens with zero attached hydrogens (tertiary/aromatic N) is 1. The minimum absolute atomic E-state index is 0.0515. The fourth-order valence-electron chi connectivity index (χ4n) is 3.39. The van der Waals surface area contributed by atoms with Crippen LogP contribution in [0.5, 0.6) is 5.75 Å². The van der Waals surface area contributed by atoms with Gasteiger partial charge in [-0.05, 0) is 68.4 Å². The maximum absolute atomic E-state index is 11.8. The number of esters is 1. The Morgan fingerprint density at radius 2 is 1.71 bits per heavy atom. The van der Waals surface area contributed by atoms with Crippen molar-refractivity contribution in [3.05, 3.63) is 42.0 Å². The van der Waals surface area contributed by atoms with E-state index in [9.17, 15) is 9.90 Å². The van der Waals surface area contributed by atoms with Crippen molar-refractivity contribution in [2.45, 2.75) is 46.8 Å². The number of hydrogen-bond donors (Lipinski definition) is 1. The van der Waals surface area contributed by atoms with Gasteiger partial charge in [-0.2, -0.15) is 0 Å². The summed E-state index contributed by atoms with van der Waals surface area (Å²) < 4.78 is 10.6. The molecule has 2 aromatic rings. The second-order valence-corrected chi connectivity index (χ2v) is 7.84. The minimum Gasteiger partial charge on any atom is -0.492 e. The van der Waals surface area contributed by atoms with E-state index in [0.29, 0.717) is 5.75 Å². The predicted octanol–water partition coefficient (Wildman–Crippen LogP) is 4.18. The number of aliphatic hydroxyl groups excluding tert-OH is 1. The van der Waals surface area contributed by atoms with Gasteiger partial charge in [0.25, 0.3) is 0 Å². The second-order valence-electron chi connectivity index (χ2n) is 7.84. The summed E-state index contributed by atoms with van der Waals surface area (Å²) in [7, 11) is 1.38. The van der Waals surface area contributed by atoms with Crippen LogP contribution in [0.15, 0.2) is 36.4 Å². The average molecular weight is 388 g/mol. The number of methoxy groups -OCH3 is 1. The predicted molar refractivity (Wildman–Crippen MR) is 113 cm³/mol. The van der Waals surface area contributed by atoms with Crippen LogP contribution in [0.2, 0.25) is 0 Å². The highest BCUT2D eigenvalue weighted by Crippen LogP contribution is 2.28. The summed E-state index contributed by atoms with van der Waals surface area (Å²) in [6, 6.07) is 11.9. The average Bonchev–Trinajstić information content (AvgIpc) is 2.71. The van der Waals surface area contributed by atoms with Gasteiger partial charge >= 0.3 is 5.97 Å². The van der Waals surface area contributed by atoms with Crippen molar-refractivity contribution < 1.29 is 19.4 Å². The highest BCUT2D eigenvalue weighted by atomic mass is 16.5. The molecule has 0 saturated carbocycles. The molecule has 0 fully saturated rings. The first kappa shape index (κ1) is 22.2. The number of ether oxygens (including phenoxy) is 2. The quantitative estimate of drug-likeness (QED) is 0.654. The van der Waals surface area contributed by atoms with Crippen LogP contribution in [0.3, 0.4) is 0 Å². The zero-order valence-corrected chi connectivity index (χ0v) is 17.9. The van der Waals surface area contributed by atoms with Gasteiger partial charge in [0.1, 0.15) is 12.4 Å². The van der Waals surface area contributed by atoms with Gasteiger partial charge in [-0.15, -0.1) is 0 Å². The van der Waals surface area contributed by atoms with Crippen LogP contribution in [0, 0.1) is 5.41 Å². The van der Waals surface area contributed by atoms with Gasteiger partial charge in [-0.3, -0.25) is 9.69 Å². The highest BCUT2D eigenvalue weighted by Gasteiger charge is 2.29. The lowest BCUT2D eigenvalue weighted by Gasteiger charge is -2.30. The summed E-state index contributed by atoms with van der Waals surface area (Å²) in [5.74, 6) is 0.406. The zero-order valence-electron chi connectivity index (χ0n) is 17.9. The van der Waals surface area contributed by atoms with Crippen LogP contribution in [-0.2, 0) is 9.53 Å². The van der Waals surface area contributed by atoms with Crippen LogP contribution in [0.25, 0.3) is 10.8 Å². The Bertz CT molecular complexity index is 798. The first-order valence-electron chi connectivity index (χ1n) is 9.90. The van der Waals surface area contributed by atoms with Crippen LogP contribution >= 0.6 is 0 Å². The maximum atomic E-state index is 11.8. The molecule has 0 bridgehead atoms. The van der Waals surface area contributed by atoms with Gasteiger partial charge < -0.3 is 14.6 Å². The van der Waals surface area contributed by atoms with Crippen molar-refractivity contribution in [1.29, 1.82) is 0 Å². The fraction of sp³-hybridized carbons (Fsp3) is 0.522. The van der Waals surface area contributed by atoms with Crippen molar-refractivity contribution in [2.24, 2.45) is 5.41 Å². The lowest BCUT2D eigenvalue weighted by molar-refractivity contribution is -0.152. The first-order chi connectivity index (χ1) is 13.2. The molecular formula is C23H33NO4. The van der Waals surface area contributed by atoms with Crippen molar-refractivity contribution in [3.63, 3.8) is 0 Å². The monoisotopic (exact) mass is 387 g/mol. The molecule has 0 aromatic heterocycles. The summed E-state index contributed by atoms with van der Waals surface area (Å²) in [6.45, 7) is 11.9. The third-order valence-electron chi connectivity index (χ3n) is 5.36. The second kappa shape index (κ2) is 9.39. The fourth-order valence-corrected chi connectivity index (χ4v) is 3.39. The Labute approximate surface area is 168 Å². The lowest BCUT2D eigenvalue weighted by atomic mass is 9.95. The molecule has 2 unspecified atom stereocenters. The van der Waals surface area contributed by atoms with E-state index in [0.717, 1.165) is 29.4 Å². The molecule has 0 radical (unpaired) electrons. The molecule has 0 heterocycles. The van der Waals surface area contributed by atoms with Gasteiger partial charge in [0.05, 0.1) is 18.6 Å². The molecule has 0 aliphatic rings. The number of aliphatic hydroxyl groups is 1. The van der Waals surface area contributed by atoms with E-state index in [1.165, 1.54) is 7.11 Å². The normalized spacial score (nSPS) is 14.1. The standard InChI is InChI=1S/C23H33NO4/c1-7-24(8-2)16(3)21(25)19-10-9-18-14-20(12-11-17(18)13-19)28-15-23(4,5)22(26)27-6/h9-14,16,21,25H,7-8,15H2,1-6H3. The van der Waals surface area contributed by atoms with Crippen LogP contribution in [0.4, 0.5) is 0 Å². The molecule has 2 atom stereocenters. The Morgan fingerprint density at radius 1 is 1.11 bits per heavy atom. The van der Waals surface area contributed by atoms with Crippen molar-refractivity contribution in [3.8, 4) is 5.75 Å². The Morgan fingerprint density at radius 3 is 2.32 bits per heavy atom. The molecule has 28 heavy (non-hydrogen) atoms. The molecule has 5 heteroatoms. The van der Waals surface area contributed by atoms with Crippen LogP contribution < -0.4 is 4.74 Å². The van der Waals surface area contributed by atoms with Crippen molar-refractivity contribution >= 4 is 16.7 Å². The van der Waals surface area contributed by atoms with E-state index in [4.69, 9.17) is 9.47 Å². The number of hydrogen-bond acceptors (Lipinski definition) is 5. The molecule has 154 valence electrons. The lowest BCUT2D eigenvalue weighted by Crippen LogP contribution is -2.37. The summed E-state index contributed by atoms with van der Waals surface area (Å²) in [6.07, 6.45) is -0.541. The van der Waals surface area contributed by atoms with Crippen LogP contribution in [0.1, 0.15) is 46.3 Å². The van der Waals surface area contributed by atoms with Gasteiger partial charge in [-0.1, -0.05) is 32.0 Å². The van der Waals surface area contributed by atoms with Gasteiger partial charge in [0.2, 0.25) is 0 Å². The molecule has 1 N–H and O–H groups in total. The zero-order chi connectivity index (χ0) is 20.9. The Hall–Kier alpha value is -2.11. The van der Waals surface area contributed by atoms with Gasteiger partial charge in [0.15, 0.2) is 0 Å². The molecule has 0 aliphatic carbocycles.